The molecule has 0 aliphatic carbocycles. The second-order valence-corrected chi connectivity index (χ2v) is 6.44. The average molecular weight is 346 g/mol. The molecule has 25 heavy (non-hydrogen) atoms. The van der Waals surface area contributed by atoms with Crippen molar-refractivity contribution in [1.29, 1.82) is 5.26 Å². The molecule has 1 heterocycles. The van der Waals surface area contributed by atoms with Crippen LogP contribution in [0.2, 0.25) is 0 Å². The van der Waals surface area contributed by atoms with Crippen LogP contribution >= 0.6 is 11.3 Å². The Labute approximate surface area is 151 Å². The molecular formula is C21H18N2OS. The summed E-state index contributed by atoms with van der Waals surface area (Å²) in [6, 6.07) is 18.2. The molecule has 124 valence electrons. The molecular weight excluding hydrogens is 328 g/mol. The summed E-state index contributed by atoms with van der Waals surface area (Å²) in [6.07, 6.45) is 1.88. The number of allylic oxidation sites excluding steroid dienone is 1. The van der Waals surface area contributed by atoms with E-state index in [2.05, 4.69) is 17.1 Å². The summed E-state index contributed by atoms with van der Waals surface area (Å²) in [5, 5.41) is 12.2. The second kappa shape index (κ2) is 7.78. The number of ether oxygens (including phenoxy) is 1. The Morgan fingerprint density at radius 1 is 1.24 bits per heavy atom. The van der Waals surface area contributed by atoms with Crippen molar-refractivity contribution in [3.8, 4) is 23.1 Å². The monoisotopic (exact) mass is 346 g/mol. The number of aryl methyl sites for hydroxylation is 1. The van der Waals surface area contributed by atoms with Gasteiger partial charge >= 0.3 is 0 Å². The van der Waals surface area contributed by atoms with Crippen molar-refractivity contribution in [2.75, 3.05) is 6.61 Å². The normalized spacial score (nSPS) is 11.2. The highest BCUT2D eigenvalue weighted by Gasteiger charge is 2.09. The summed E-state index contributed by atoms with van der Waals surface area (Å²) in [5.74, 6) is 0.846. The van der Waals surface area contributed by atoms with Gasteiger partial charge < -0.3 is 4.74 Å². The van der Waals surface area contributed by atoms with E-state index in [0.29, 0.717) is 12.2 Å². The number of nitrogens with zero attached hydrogens (tertiary/aromatic N) is 2. The Balaban J connectivity index is 1.87. The molecule has 0 saturated carbocycles. The number of hydrogen-bond donors (Lipinski definition) is 0. The minimum atomic E-state index is 0.577. The zero-order valence-corrected chi connectivity index (χ0v) is 15.0. The number of rotatable bonds is 5. The lowest BCUT2D eigenvalue weighted by Gasteiger charge is -2.03. The molecule has 0 radical (unpaired) electrons. The third kappa shape index (κ3) is 4.14. The third-order valence-corrected chi connectivity index (χ3v) is 4.54. The van der Waals surface area contributed by atoms with Crippen molar-refractivity contribution < 1.29 is 4.74 Å². The number of benzene rings is 2. The molecule has 0 bridgehead atoms. The van der Waals surface area contributed by atoms with Crippen molar-refractivity contribution in [2.24, 2.45) is 0 Å². The van der Waals surface area contributed by atoms with Crippen LogP contribution in [0.1, 0.15) is 23.1 Å². The highest BCUT2D eigenvalue weighted by molar-refractivity contribution is 7.11. The number of hydrogen-bond acceptors (Lipinski definition) is 4. The maximum Gasteiger partial charge on any atom is 0.134 e. The fourth-order valence-electron chi connectivity index (χ4n) is 2.49. The van der Waals surface area contributed by atoms with Crippen LogP contribution in [0.3, 0.4) is 0 Å². The van der Waals surface area contributed by atoms with Crippen LogP contribution in [-0.4, -0.2) is 11.6 Å². The largest absolute Gasteiger partial charge is 0.494 e. The summed E-state index contributed by atoms with van der Waals surface area (Å²) >= 11 is 1.48. The van der Waals surface area contributed by atoms with Crippen molar-refractivity contribution in [1.82, 2.24) is 4.98 Å². The van der Waals surface area contributed by atoms with E-state index in [1.165, 1.54) is 16.9 Å². The Morgan fingerprint density at radius 2 is 2.04 bits per heavy atom. The Hall–Kier alpha value is -2.90. The molecule has 0 unspecified atom stereocenters. The zero-order chi connectivity index (χ0) is 17.6. The van der Waals surface area contributed by atoms with Crippen molar-refractivity contribution in [3.05, 3.63) is 70.0 Å². The highest BCUT2D eigenvalue weighted by Crippen LogP contribution is 2.28. The van der Waals surface area contributed by atoms with Gasteiger partial charge in [-0.05, 0) is 49.8 Å². The van der Waals surface area contributed by atoms with Gasteiger partial charge in [-0.2, -0.15) is 5.26 Å². The molecule has 0 atom stereocenters. The summed E-state index contributed by atoms with van der Waals surface area (Å²) in [4.78, 5) is 4.63. The van der Waals surface area contributed by atoms with Gasteiger partial charge in [0.1, 0.15) is 16.8 Å². The Bertz CT molecular complexity index is 933. The Morgan fingerprint density at radius 3 is 2.72 bits per heavy atom. The minimum absolute atomic E-state index is 0.577. The van der Waals surface area contributed by atoms with Gasteiger partial charge in [0.05, 0.1) is 17.9 Å². The average Bonchev–Trinajstić information content (AvgIpc) is 3.10. The SMILES string of the molecule is CCOc1ccc(-c2csc(/C(C#N)=C/c3cccc(C)c3)n2)cc1. The molecule has 4 heteroatoms. The highest BCUT2D eigenvalue weighted by atomic mass is 32.1. The summed E-state index contributed by atoms with van der Waals surface area (Å²) in [5.41, 5.74) is 4.63. The first kappa shape index (κ1) is 16.9. The molecule has 0 amide bonds. The first-order chi connectivity index (χ1) is 12.2. The standard InChI is InChI=1S/C21H18N2OS/c1-3-24-19-9-7-17(8-10-19)20-14-25-21(23-20)18(13-22)12-16-6-4-5-15(2)11-16/h4-12,14H,3H2,1-2H3/b18-12+. The molecule has 0 spiro atoms. The van der Waals surface area contributed by atoms with E-state index >= 15 is 0 Å². The lowest BCUT2D eigenvalue weighted by atomic mass is 10.1. The van der Waals surface area contributed by atoms with E-state index in [1.54, 1.807) is 0 Å². The first-order valence-electron chi connectivity index (χ1n) is 8.07. The molecule has 0 saturated heterocycles. The van der Waals surface area contributed by atoms with Gasteiger partial charge in [0.2, 0.25) is 0 Å². The lowest BCUT2D eigenvalue weighted by molar-refractivity contribution is 0.340. The summed E-state index contributed by atoms with van der Waals surface area (Å²) in [7, 11) is 0. The maximum absolute atomic E-state index is 9.52. The predicted octanol–water partition coefficient (Wildman–Crippen LogP) is 5.58. The zero-order valence-electron chi connectivity index (χ0n) is 14.2. The maximum atomic E-state index is 9.52. The summed E-state index contributed by atoms with van der Waals surface area (Å²) < 4.78 is 5.46. The first-order valence-corrected chi connectivity index (χ1v) is 8.95. The van der Waals surface area contributed by atoms with Crippen molar-refractivity contribution >= 4 is 23.0 Å². The molecule has 3 nitrogen and oxygen atoms in total. The van der Waals surface area contributed by atoms with Gasteiger partial charge in [0.15, 0.2) is 0 Å². The van der Waals surface area contributed by atoms with Crippen LogP contribution < -0.4 is 4.74 Å². The molecule has 3 aromatic rings. The molecule has 0 fully saturated rings. The number of nitriles is 1. The number of aromatic nitrogens is 1. The molecule has 3 rings (SSSR count). The van der Waals surface area contributed by atoms with E-state index in [0.717, 1.165) is 27.6 Å². The molecule has 0 aliphatic heterocycles. The molecule has 1 aromatic heterocycles. The van der Waals surface area contributed by atoms with E-state index < -0.39 is 0 Å². The third-order valence-electron chi connectivity index (χ3n) is 3.67. The predicted molar refractivity (Wildman–Crippen MR) is 103 cm³/mol. The smallest absolute Gasteiger partial charge is 0.134 e. The van der Waals surface area contributed by atoms with Crippen LogP contribution in [0, 0.1) is 18.3 Å². The van der Waals surface area contributed by atoms with Crippen LogP contribution in [-0.2, 0) is 0 Å². The van der Waals surface area contributed by atoms with Crippen molar-refractivity contribution in [2.45, 2.75) is 13.8 Å². The van der Waals surface area contributed by atoms with E-state index in [9.17, 15) is 5.26 Å². The van der Waals surface area contributed by atoms with Crippen molar-refractivity contribution in [3.63, 3.8) is 0 Å². The lowest BCUT2D eigenvalue weighted by Crippen LogP contribution is -1.90. The second-order valence-electron chi connectivity index (χ2n) is 5.58. The van der Waals surface area contributed by atoms with Gasteiger partial charge in [-0.25, -0.2) is 4.98 Å². The fourth-order valence-corrected chi connectivity index (χ4v) is 3.28. The van der Waals surface area contributed by atoms with Crippen LogP contribution in [0.5, 0.6) is 5.75 Å². The van der Waals surface area contributed by atoms with Gasteiger partial charge in [0.25, 0.3) is 0 Å². The topological polar surface area (TPSA) is 45.9 Å². The van der Waals surface area contributed by atoms with Gasteiger partial charge in [-0.3, -0.25) is 0 Å². The fraction of sp³-hybridized carbons (Fsp3) is 0.143. The Kier molecular flexibility index (Phi) is 5.27. The van der Waals surface area contributed by atoms with Gasteiger partial charge in [-0.1, -0.05) is 29.8 Å². The molecule has 2 aromatic carbocycles. The van der Waals surface area contributed by atoms with Crippen LogP contribution in [0.25, 0.3) is 22.9 Å². The van der Waals surface area contributed by atoms with Gasteiger partial charge in [0, 0.05) is 10.9 Å². The van der Waals surface area contributed by atoms with E-state index in [1.807, 2.05) is 67.8 Å². The molecule has 0 N–H and O–H groups in total. The van der Waals surface area contributed by atoms with E-state index in [4.69, 9.17) is 4.74 Å². The number of thiazole rings is 1. The van der Waals surface area contributed by atoms with Crippen LogP contribution in [0.15, 0.2) is 53.9 Å². The van der Waals surface area contributed by atoms with E-state index in [-0.39, 0.29) is 0 Å². The quantitative estimate of drug-likeness (QED) is 0.566. The summed E-state index contributed by atoms with van der Waals surface area (Å²) in [6.45, 7) is 4.65. The minimum Gasteiger partial charge on any atom is -0.494 e. The van der Waals surface area contributed by atoms with Crippen LogP contribution in [0.4, 0.5) is 0 Å². The molecule has 0 aliphatic rings. The van der Waals surface area contributed by atoms with Gasteiger partial charge in [-0.15, -0.1) is 11.3 Å².